The van der Waals surface area contributed by atoms with Crippen molar-refractivity contribution in [2.45, 2.75) is 47.0 Å². The van der Waals surface area contributed by atoms with Crippen LogP contribution in [0, 0.1) is 10.8 Å². The first-order chi connectivity index (χ1) is 8.97. The molecule has 0 saturated heterocycles. The van der Waals surface area contributed by atoms with E-state index in [9.17, 15) is 14.4 Å². The highest BCUT2D eigenvalue weighted by atomic mass is 16.4. The van der Waals surface area contributed by atoms with E-state index in [1.165, 1.54) is 0 Å². The molecule has 0 saturated carbocycles. The number of hydrogen-bond donors (Lipinski definition) is 3. The third-order valence-corrected chi connectivity index (χ3v) is 2.89. The van der Waals surface area contributed by atoms with E-state index in [1.807, 2.05) is 27.7 Å². The largest absolute Gasteiger partial charge is 0.480 e. The van der Waals surface area contributed by atoms with Crippen LogP contribution in [0.25, 0.3) is 0 Å². The zero-order valence-corrected chi connectivity index (χ0v) is 12.7. The lowest BCUT2D eigenvalue weighted by atomic mass is 9.71. The smallest absolute Gasteiger partial charge is 0.322 e. The second-order valence-corrected chi connectivity index (χ2v) is 6.73. The number of amides is 1. The van der Waals surface area contributed by atoms with Crippen LogP contribution in [0.4, 0.5) is 0 Å². The number of aliphatic hydroxyl groups excluding tert-OH is 1. The van der Waals surface area contributed by atoms with Crippen molar-refractivity contribution in [1.82, 2.24) is 5.32 Å². The predicted octanol–water partition coefficient (Wildman–Crippen LogP) is 0.971. The molecular formula is C14H25NO5. The van der Waals surface area contributed by atoms with Gasteiger partial charge in [-0.3, -0.25) is 14.4 Å². The van der Waals surface area contributed by atoms with Gasteiger partial charge in [0, 0.05) is 12.8 Å². The summed E-state index contributed by atoms with van der Waals surface area (Å²) in [5.41, 5.74) is -0.682. The standard InChI is InChI=1S/C14H25NO5/c1-13(2,5-10(17)8-16)9-14(3,4)6-11(18)15-7-12(19)20/h16H,5-9H2,1-4H3,(H,15,18)(H,19,20). The van der Waals surface area contributed by atoms with Gasteiger partial charge in [-0.05, 0) is 17.3 Å². The van der Waals surface area contributed by atoms with E-state index in [-0.39, 0.29) is 41.9 Å². The molecule has 0 fully saturated rings. The van der Waals surface area contributed by atoms with Crippen LogP contribution in [0.15, 0.2) is 0 Å². The van der Waals surface area contributed by atoms with Gasteiger partial charge >= 0.3 is 5.97 Å². The molecule has 0 spiro atoms. The Morgan fingerprint density at radius 3 is 1.95 bits per heavy atom. The lowest BCUT2D eigenvalue weighted by Gasteiger charge is -2.34. The first kappa shape index (κ1) is 18.6. The molecule has 0 rings (SSSR count). The summed E-state index contributed by atoms with van der Waals surface area (Å²) in [4.78, 5) is 33.3. The summed E-state index contributed by atoms with van der Waals surface area (Å²) < 4.78 is 0. The first-order valence-corrected chi connectivity index (χ1v) is 6.58. The van der Waals surface area contributed by atoms with E-state index in [1.54, 1.807) is 0 Å². The van der Waals surface area contributed by atoms with Crippen LogP contribution in [0.1, 0.15) is 47.0 Å². The summed E-state index contributed by atoms with van der Waals surface area (Å²) >= 11 is 0. The van der Waals surface area contributed by atoms with Crippen LogP contribution in [0.2, 0.25) is 0 Å². The van der Waals surface area contributed by atoms with E-state index in [2.05, 4.69) is 5.32 Å². The lowest BCUT2D eigenvalue weighted by molar-refractivity contribution is -0.138. The minimum Gasteiger partial charge on any atom is -0.480 e. The van der Waals surface area contributed by atoms with E-state index >= 15 is 0 Å². The Bertz CT molecular complexity index is 374. The van der Waals surface area contributed by atoms with Gasteiger partial charge in [0.2, 0.25) is 5.91 Å². The van der Waals surface area contributed by atoms with Crippen molar-refractivity contribution in [2.75, 3.05) is 13.2 Å². The fraction of sp³-hybridized carbons (Fsp3) is 0.786. The number of carbonyl (C=O) groups is 3. The molecule has 116 valence electrons. The van der Waals surface area contributed by atoms with Crippen molar-refractivity contribution in [3.05, 3.63) is 0 Å². The zero-order chi connectivity index (χ0) is 16.0. The maximum absolute atomic E-state index is 11.6. The van der Waals surface area contributed by atoms with Crippen LogP contribution < -0.4 is 5.32 Å². The Morgan fingerprint density at radius 1 is 1.00 bits per heavy atom. The molecule has 0 aliphatic heterocycles. The monoisotopic (exact) mass is 287 g/mol. The van der Waals surface area contributed by atoms with E-state index in [4.69, 9.17) is 10.2 Å². The third-order valence-electron chi connectivity index (χ3n) is 2.89. The topological polar surface area (TPSA) is 104 Å². The molecule has 20 heavy (non-hydrogen) atoms. The van der Waals surface area contributed by atoms with Gasteiger partial charge in [0.15, 0.2) is 5.78 Å². The number of nitrogens with one attached hydrogen (secondary N) is 1. The Labute approximate surface area is 119 Å². The van der Waals surface area contributed by atoms with Gasteiger partial charge in [0.05, 0.1) is 0 Å². The summed E-state index contributed by atoms with van der Waals surface area (Å²) in [6.45, 7) is 6.77. The molecule has 0 aromatic rings. The molecule has 0 atom stereocenters. The molecule has 1 amide bonds. The van der Waals surface area contributed by atoms with Crippen LogP contribution in [-0.2, 0) is 14.4 Å². The SMILES string of the molecule is CC(C)(CC(=O)CO)CC(C)(C)CC(=O)NCC(=O)O. The fourth-order valence-electron chi connectivity index (χ4n) is 2.68. The first-order valence-electron chi connectivity index (χ1n) is 6.58. The van der Waals surface area contributed by atoms with Crippen molar-refractivity contribution in [3.8, 4) is 0 Å². The molecule has 0 bridgehead atoms. The molecule has 3 N–H and O–H groups in total. The Balaban J connectivity index is 4.45. The van der Waals surface area contributed by atoms with Crippen LogP contribution in [-0.4, -0.2) is 41.0 Å². The summed E-state index contributed by atoms with van der Waals surface area (Å²) in [5, 5.41) is 19.6. The van der Waals surface area contributed by atoms with Gasteiger partial charge in [-0.25, -0.2) is 0 Å². The molecule has 0 radical (unpaired) electrons. The molecule has 0 aromatic carbocycles. The van der Waals surface area contributed by atoms with Gasteiger partial charge in [-0.15, -0.1) is 0 Å². The lowest BCUT2D eigenvalue weighted by Crippen LogP contribution is -2.35. The normalized spacial score (nSPS) is 12.1. The van der Waals surface area contributed by atoms with Gasteiger partial charge in [-0.1, -0.05) is 27.7 Å². The predicted molar refractivity (Wildman–Crippen MR) is 74.2 cm³/mol. The maximum Gasteiger partial charge on any atom is 0.322 e. The second kappa shape index (κ2) is 7.38. The number of carboxylic acid groups (broad SMARTS) is 1. The number of rotatable bonds is 9. The van der Waals surface area contributed by atoms with Gasteiger partial charge in [0.1, 0.15) is 13.2 Å². The number of aliphatic hydroxyl groups is 1. The summed E-state index contributed by atoms with van der Waals surface area (Å²) in [7, 11) is 0. The number of hydrogen-bond acceptors (Lipinski definition) is 4. The van der Waals surface area contributed by atoms with Gasteiger partial charge < -0.3 is 15.5 Å². The van der Waals surface area contributed by atoms with Crippen LogP contribution in [0.3, 0.4) is 0 Å². The molecule has 6 heteroatoms. The number of ketones is 1. The number of aliphatic carboxylic acids is 1. The quantitative estimate of drug-likeness (QED) is 0.586. The van der Waals surface area contributed by atoms with Crippen molar-refractivity contribution in [2.24, 2.45) is 10.8 Å². The Hall–Kier alpha value is -1.43. The second-order valence-electron chi connectivity index (χ2n) is 6.73. The molecule has 6 nitrogen and oxygen atoms in total. The molecule has 0 aromatic heterocycles. The van der Waals surface area contributed by atoms with E-state index in [0.717, 1.165) is 0 Å². The summed E-state index contributed by atoms with van der Waals surface area (Å²) in [5.74, 6) is -1.62. The van der Waals surface area contributed by atoms with Crippen molar-refractivity contribution in [1.29, 1.82) is 0 Å². The van der Waals surface area contributed by atoms with E-state index in [0.29, 0.717) is 6.42 Å². The highest BCUT2D eigenvalue weighted by molar-refractivity contribution is 5.81. The van der Waals surface area contributed by atoms with E-state index < -0.39 is 12.6 Å². The summed E-state index contributed by atoms with van der Waals surface area (Å²) in [6, 6.07) is 0. The molecule has 0 unspecified atom stereocenters. The Kier molecular flexibility index (Phi) is 6.85. The summed E-state index contributed by atoms with van der Waals surface area (Å²) in [6.07, 6.45) is 1.06. The van der Waals surface area contributed by atoms with Crippen LogP contribution in [0.5, 0.6) is 0 Å². The number of Topliss-reactive ketones (excluding diaryl/α,β-unsaturated/α-hetero) is 1. The van der Waals surface area contributed by atoms with Crippen molar-refractivity contribution < 1.29 is 24.6 Å². The highest BCUT2D eigenvalue weighted by Gasteiger charge is 2.32. The third kappa shape index (κ3) is 8.63. The molecule has 0 heterocycles. The minimum absolute atomic E-state index is 0.191. The fourth-order valence-corrected chi connectivity index (χ4v) is 2.68. The average molecular weight is 287 g/mol. The van der Waals surface area contributed by atoms with Gasteiger partial charge in [0.25, 0.3) is 0 Å². The molecule has 0 aliphatic rings. The number of carbonyl (C=O) groups excluding carboxylic acids is 2. The van der Waals surface area contributed by atoms with Crippen molar-refractivity contribution in [3.63, 3.8) is 0 Å². The number of carboxylic acids is 1. The minimum atomic E-state index is -1.08. The molecular weight excluding hydrogens is 262 g/mol. The maximum atomic E-state index is 11.6. The molecule has 0 aliphatic carbocycles. The average Bonchev–Trinajstić information content (AvgIpc) is 2.22. The highest BCUT2D eigenvalue weighted by Crippen LogP contribution is 2.38. The van der Waals surface area contributed by atoms with Crippen molar-refractivity contribution >= 4 is 17.7 Å². The zero-order valence-electron chi connectivity index (χ0n) is 12.7. The Morgan fingerprint density at radius 2 is 1.50 bits per heavy atom. The van der Waals surface area contributed by atoms with Crippen LogP contribution >= 0.6 is 0 Å². The van der Waals surface area contributed by atoms with Gasteiger partial charge in [-0.2, -0.15) is 0 Å².